The first-order valence-corrected chi connectivity index (χ1v) is 5.52. The van der Waals surface area contributed by atoms with Crippen LogP contribution in [0.4, 0.5) is 0 Å². The fourth-order valence-electron chi connectivity index (χ4n) is 1.79. The molecule has 0 aromatic carbocycles. The molecule has 2 amide bonds. The van der Waals surface area contributed by atoms with Gasteiger partial charge in [0.05, 0.1) is 12.6 Å². The SMILES string of the molecule is CN(CC(=O)N1CCCC1)CC(N)C(N)=O. The molecular formula is C10H20N4O2. The van der Waals surface area contributed by atoms with Gasteiger partial charge in [0.15, 0.2) is 0 Å². The van der Waals surface area contributed by atoms with Crippen LogP contribution >= 0.6 is 0 Å². The molecule has 0 radical (unpaired) electrons. The average Bonchev–Trinajstić information content (AvgIpc) is 2.69. The number of nitrogens with two attached hydrogens (primary N) is 2. The molecule has 6 nitrogen and oxygen atoms in total. The van der Waals surface area contributed by atoms with Crippen LogP contribution in [-0.2, 0) is 9.59 Å². The summed E-state index contributed by atoms with van der Waals surface area (Å²) < 4.78 is 0. The number of carbonyl (C=O) groups excluding carboxylic acids is 2. The van der Waals surface area contributed by atoms with Gasteiger partial charge in [-0.1, -0.05) is 0 Å². The summed E-state index contributed by atoms with van der Waals surface area (Å²) in [7, 11) is 1.76. The van der Waals surface area contributed by atoms with E-state index in [1.54, 1.807) is 11.9 Å². The lowest BCUT2D eigenvalue weighted by Crippen LogP contribution is -2.47. The molecule has 92 valence electrons. The molecule has 0 saturated carbocycles. The first kappa shape index (κ1) is 12.9. The standard InChI is InChI=1S/C10H20N4O2/c1-13(6-8(11)10(12)16)7-9(15)14-4-2-3-5-14/h8H,2-7,11H2,1H3,(H2,12,16). The Hall–Kier alpha value is -1.14. The number of rotatable bonds is 5. The second-order valence-corrected chi connectivity index (χ2v) is 4.29. The van der Waals surface area contributed by atoms with E-state index >= 15 is 0 Å². The third kappa shape index (κ3) is 3.79. The molecule has 1 heterocycles. The Bertz CT molecular complexity index is 264. The summed E-state index contributed by atoms with van der Waals surface area (Å²) in [4.78, 5) is 26.1. The third-order valence-corrected chi connectivity index (χ3v) is 2.74. The molecule has 1 unspecified atom stereocenters. The number of amides is 2. The fraction of sp³-hybridized carbons (Fsp3) is 0.800. The minimum absolute atomic E-state index is 0.0941. The molecule has 1 fully saturated rings. The van der Waals surface area contributed by atoms with Crippen molar-refractivity contribution in [1.82, 2.24) is 9.80 Å². The van der Waals surface area contributed by atoms with Crippen LogP contribution in [0.5, 0.6) is 0 Å². The van der Waals surface area contributed by atoms with E-state index in [1.807, 2.05) is 4.90 Å². The molecule has 6 heteroatoms. The molecule has 1 aliphatic heterocycles. The number of carbonyl (C=O) groups is 2. The summed E-state index contributed by atoms with van der Waals surface area (Å²) in [5, 5.41) is 0. The molecule has 1 rings (SSSR count). The number of nitrogens with zero attached hydrogens (tertiary/aromatic N) is 2. The second kappa shape index (κ2) is 5.81. The molecule has 16 heavy (non-hydrogen) atoms. The molecule has 0 aliphatic carbocycles. The number of hydrogen-bond acceptors (Lipinski definition) is 4. The molecule has 4 N–H and O–H groups in total. The fourth-order valence-corrected chi connectivity index (χ4v) is 1.79. The monoisotopic (exact) mass is 228 g/mol. The van der Waals surface area contributed by atoms with Gasteiger partial charge in [0.1, 0.15) is 0 Å². The lowest BCUT2D eigenvalue weighted by Gasteiger charge is -2.22. The second-order valence-electron chi connectivity index (χ2n) is 4.29. The Labute approximate surface area is 95.5 Å². The van der Waals surface area contributed by atoms with Crippen LogP contribution in [0.2, 0.25) is 0 Å². The number of hydrogen-bond donors (Lipinski definition) is 2. The summed E-state index contributed by atoms with van der Waals surface area (Å²) >= 11 is 0. The van der Waals surface area contributed by atoms with Gasteiger partial charge in [-0.2, -0.15) is 0 Å². The van der Waals surface area contributed by atoms with Crippen molar-refractivity contribution in [1.29, 1.82) is 0 Å². The van der Waals surface area contributed by atoms with Crippen molar-refractivity contribution in [2.75, 3.05) is 33.2 Å². The van der Waals surface area contributed by atoms with Gasteiger partial charge in [-0.15, -0.1) is 0 Å². The third-order valence-electron chi connectivity index (χ3n) is 2.74. The number of likely N-dealkylation sites (tertiary alicyclic amines) is 1. The number of primary amides is 1. The number of likely N-dealkylation sites (N-methyl/N-ethyl adjacent to an activating group) is 1. The van der Waals surface area contributed by atoms with Gasteiger partial charge in [-0.05, 0) is 19.9 Å². The molecule has 0 bridgehead atoms. The van der Waals surface area contributed by atoms with Gasteiger partial charge < -0.3 is 16.4 Å². The smallest absolute Gasteiger partial charge is 0.236 e. The summed E-state index contributed by atoms with van der Waals surface area (Å²) in [6, 6.07) is -0.712. The summed E-state index contributed by atoms with van der Waals surface area (Å²) in [5.74, 6) is -0.447. The van der Waals surface area contributed by atoms with E-state index in [0.29, 0.717) is 13.1 Å². The molecule has 0 aromatic heterocycles. The van der Waals surface area contributed by atoms with Gasteiger partial charge >= 0.3 is 0 Å². The van der Waals surface area contributed by atoms with Crippen molar-refractivity contribution < 1.29 is 9.59 Å². The molecular weight excluding hydrogens is 208 g/mol. The van der Waals surface area contributed by atoms with Crippen molar-refractivity contribution >= 4 is 11.8 Å². The zero-order valence-electron chi connectivity index (χ0n) is 9.69. The predicted octanol–water partition coefficient (Wildman–Crippen LogP) is -1.65. The van der Waals surface area contributed by atoms with Crippen molar-refractivity contribution in [2.45, 2.75) is 18.9 Å². The largest absolute Gasteiger partial charge is 0.368 e. The van der Waals surface area contributed by atoms with E-state index in [0.717, 1.165) is 25.9 Å². The van der Waals surface area contributed by atoms with E-state index in [-0.39, 0.29) is 5.91 Å². The van der Waals surface area contributed by atoms with Crippen molar-refractivity contribution in [3.8, 4) is 0 Å². The normalized spacial score (nSPS) is 17.8. The van der Waals surface area contributed by atoms with Crippen LogP contribution in [-0.4, -0.2) is 60.9 Å². The molecule has 1 saturated heterocycles. The quantitative estimate of drug-likeness (QED) is 0.590. The Balaban J connectivity index is 2.30. The summed E-state index contributed by atoms with van der Waals surface area (Å²) in [6.07, 6.45) is 2.16. The maximum Gasteiger partial charge on any atom is 0.236 e. The van der Waals surface area contributed by atoms with Gasteiger partial charge in [0.2, 0.25) is 11.8 Å². The van der Waals surface area contributed by atoms with E-state index in [1.165, 1.54) is 0 Å². The Morgan fingerprint density at radius 1 is 1.38 bits per heavy atom. The summed E-state index contributed by atoms with van der Waals surface area (Å²) in [6.45, 7) is 2.29. The molecule has 0 aromatic rings. The van der Waals surface area contributed by atoms with Crippen LogP contribution < -0.4 is 11.5 Å². The zero-order valence-corrected chi connectivity index (χ0v) is 9.69. The maximum atomic E-state index is 11.7. The van der Waals surface area contributed by atoms with Crippen molar-refractivity contribution in [3.63, 3.8) is 0 Å². The van der Waals surface area contributed by atoms with Crippen molar-refractivity contribution in [2.24, 2.45) is 11.5 Å². The van der Waals surface area contributed by atoms with Crippen LogP contribution in [0, 0.1) is 0 Å². The van der Waals surface area contributed by atoms with Crippen LogP contribution in [0.25, 0.3) is 0 Å². The molecule has 0 spiro atoms. The van der Waals surface area contributed by atoms with E-state index in [4.69, 9.17) is 11.5 Å². The Morgan fingerprint density at radius 3 is 2.44 bits per heavy atom. The first-order valence-electron chi connectivity index (χ1n) is 5.52. The minimum atomic E-state index is -0.712. The molecule has 1 atom stereocenters. The lowest BCUT2D eigenvalue weighted by atomic mass is 10.3. The maximum absolute atomic E-state index is 11.7. The highest BCUT2D eigenvalue weighted by Crippen LogP contribution is 2.07. The van der Waals surface area contributed by atoms with Crippen LogP contribution in [0.3, 0.4) is 0 Å². The van der Waals surface area contributed by atoms with Gasteiger partial charge in [-0.25, -0.2) is 0 Å². The zero-order chi connectivity index (χ0) is 12.1. The van der Waals surface area contributed by atoms with Crippen molar-refractivity contribution in [3.05, 3.63) is 0 Å². The highest BCUT2D eigenvalue weighted by Gasteiger charge is 2.20. The Morgan fingerprint density at radius 2 is 1.94 bits per heavy atom. The predicted molar refractivity (Wildman–Crippen MR) is 60.5 cm³/mol. The van der Waals surface area contributed by atoms with Gasteiger partial charge in [-0.3, -0.25) is 14.5 Å². The highest BCUT2D eigenvalue weighted by molar-refractivity contribution is 5.80. The van der Waals surface area contributed by atoms with Crippen LogP contribution in [0.1, 0.15) is 12.8 Å². The van der Waals surface area contributed by atoms with Gasteiger partial charge in [0.25, 0.3) is 0 Å². The summed E-state index contributed by atoms with van der Waals surface area (Å²) in [5.41, 5.74) is 10.6. The minimum Gasteiger partial charge on any atom is -0.368 e. The average molecular weight is 228 g/mol. The lowest BCUT2D eigenvalue weighted by molar-refractivity contribution is -0.131. The highest BCUT2D eigenvalue weighted by atomic mass is 16.2. The first-order chi connectivity index (χ1) is 7.50. The topological polar surface area (TPSA) is 92.7 Å². The van der Waals surface area contributed by atoms with E-state index in [2.05, 4.69) is 0 Å². The van der Waals surface area contributed by atoms with Gasteiger partial charge in [0, 0.05) is 19.6 Å². The van der Waals surface area contributed by atoms with Crippen LogP contribution in [0.15, 0.2) is 0 Å². The van der Waals surface area contributed by atoms with E-state index < -0.39 is 11.9 Å². The van der Waals surface area contributed by atoms with E-state index in [9.17, 15) is 9.59 Å². The Kier molecular flexibility index (Phi) is 4.70. The molecule has 1 aliphatic rings.